The van der Waals surface area contributed by atoms with Gasteiger partial charge in [-0.15, -0.1) is 0 Å². The van der Waals surface area contributed by atoms with Crippen LogP contribution in [0.5, 0.6) is 0 Å². The van der Waals surface area contributed by atoms with Gasteiger partial charge in [-0.05, 0) is 41.9 Å². The number of furan rings is 1. The van der Waals surface area contributed by atoms with Crippen LogP contribution in [0.25, 0.3) is 0 Å². The number of rotatable bonds is 3. The molecule has 0 aliphatic rings. The van der Waals surface area contributed by atoms with Crippen LogP contribution in [0.15, 0.2) is 21.2 Å². The predicted octanol–water partition coefficient (Wildman–Crippen LogP) is 2.15. The summed E-state index contributed by atoms with van der Waals surface area (Å²) in [4.78, 5) is 10.9. The van der Waals surface area contributed by atoms with Gasteiger partial charge in [0.05, 0.1) is 11.5 Å². The summed E-state index contributed by atoms with van der Waals surface area (Å²) < 4.78 is 5.76. The summed E-state index contributed by atoms with van der Waals surface area (Å²) in [6, 6.07) is 2.69. The normalized spacial score (nSPS) is 14.0. The monoisotopic (exact) mass is 261 g/mol. The summed E-state index contributed by atoms with van der Waals surface area (Å²) in [6.07, 6.45) is 0. The van der Waals surface area contributed by atoms with Crippen molar-refractivity contribution in [3.05, 3.63) is 22.6 Å². The standard InChI is InChI=1S/C9H12BrNO3/c1-9(2,8(12)13)7(11)5-3-4-6(10)14-5/h3-4,7H,11H2,1-2H3,(H,12,13)/t7-/m0/s1. The van der Waals surface area contributed by atoms with Crippen LogP contribution in [-0.2, 0) is 4.79 Å². The highest BCUT2D eigenvalue weighted by Gasteiger charge is 2.37. The van der Waals surface area contributed by atoms with Gasteiger partial charge >= 0.3 is 5.97 Å². The minimum Gasteiger partial charge on any atom is -0.481 e. The van der Waals surface area contributed by atoms with Gasteiger partial charge in [-0.25, -0.2) is 0 Å². The lowest BCUT2D eigenvalue weighted by Gasteiger charge is -2.24. The second-order valence-corrected chi connectivity index (χ2v) is 4.43. The molecule has 1 aromatic rings. The van der Waals surface area contributed by atoms with Crippen LogP contribution in [0.2, 0.25) is 0 Å². The van der Waals surface area contributed by atoms with E-state index in [1.54, 1.807) is 26.0 Å². The zero-order valence-corrected chi connectivity index (χ0v) is 9.54. The summed E-state index contributed by atoms with van der Waals surface area (Å²) in [6.45, 7) is 3.13. The largest absolute Gasteiger partial charge is 0.481 e. The lowest BCUT2D eigenvalue weighted by Crippen LogP contribution is -2.36. The Morgan fingerprint density at radius 3 is 2.57 bits per heavy atom. The number of hydrogen-bond donors (Lipinski definition) is 2. The van der Waals surface area contributed by atoms with Crippen LogP contribution in [-0.4, -0.2) is 11.1 Å². The van der Waals surface area contributed by atoms with Crippen molar-refractivity contribution < 1.29 is 14.3 Å². The maximum atomic E-state index is 10.9. The summed E-state index contributed by atoms with van der Waals surface area (Å²) in [5.74, 6) is -0.484. The summed E-state index contributed by atoms with van der Waals surface area (Å²) in [5.41, 5.74) is 4.75. The molecule has 0 spiro atoms. The van der Waals surface area contributed by atoms with E-state index in [9.17, 15) is 4.79 Å². The third-order valence-electron chi connectivity index (χ3n) is 2.23. The van der Waals surface area contributed by atoms with Crippen molar-refractivity contribution in [3.63, 3.8) is 0 Å². The van der Waals surface area contributed by atoms with E-state index in [1.165, 1.54) is 0 Å². The van der Waals surface area contributed by atoms with E-state index < -0.39 is 17.4 Å². The van der Waals surface area contributed by atoms with Gasteiger partial charge in [-0.2, -0.15) is 0 Å². The molecule has 0 amide bonds. The van der Waals surface area contributed by atoms with Gasteiger partial charge in [-0.3, -0.25) is 4.79 Å². The number of carbonyl (C=O) groups is 1. The summed E-state index contributed by atoms with van der Waals surface area (Å²) >= 11 is 3.13. The van der Waals surface area contributed by atoms with E-state index in [-0.39, 0.29) is 0 Å². The Morgan fingerprint density at radius 2 is 2.21 bits per heavy atom. The average molecular weight is 262 g/mol. The van der Waals surface area contributed by atoms with Crippen molar-refractivity contribution in [2.45, 2.75) is 19.9 Å². The molecule has 3 N–H and O–H groups in total. The van der Waals surface area contributed by atoms with Gasteiger partial charge in [0, 0.05) is 0 Å². The molecular weight excluding hydrogens is 250 g/mol. The highest BCUT2D eigenvalue weighted by atomic mass is 79.9. The fourth-order valence-corrected chi connectivity index (χ4v) is 1.30. The molecule has 1 aromatic heterocycles. The van der Waals surface area contributed by atoms with Crippen molar-refractivity contribution in [1.29, 1.82) is 0 Å². The maximum absolute atomic E-state index is 10.9. The molecule has 0 aromatic carbocycles. The summed E-state index contributed by atoms with van der Waals surface area (Å²) in [7, 11) is 0. The Hall–Kier alpha value is -0.810. The zero-order chi connectivity index (χ0) is 10.9. The molecule has 5 heteroatoms. The van der Waals surface area contributed by atoms with E-state index in [0.29, 0.717) is 10.4 Å². The lowest BCUT2D eigenvalue weighted by molar-refractivity contribution is -0.148. The summed E-state index contributed by atoms with van der Waals surface area (Å²) in [5, 5.41) is 8.95. The van der Waals surface area contributed by atoms with Crippen LogP contribution in [0, 0.1) is 5.41 Å². The van der Waals surface area contributed by atoms with Crippen molar-refractivity contribution in [3.8, 4) is 0 Å². The molecule has 0 fully saturated rings. The fourth-order valence-electron chi connectivity index (χ4n) is 0.984. The molecular formula is C9H12BrNO3. The second kappa shape index (κ2) is 3.74. The molecule has 0 unspecified atom stereocenters. The van der Waals surface area contributed by atoms with Crippen LogP contribution < -0.4 is 5.73 Å². The second-order valence-electron chi connectivity index (χ2n) is 3.65. The molecule has 78 valence electrons. The van der Waals surface area contributed by atoms with Crippen LogP contribution in [0.4, 0.5) is 0 Å². The lowest BCUT2D eigenvalue weighted by atomic mass is 9.84. The minimum atomic E-state index is -1.04. The first kappa shape index (κ1) is 11.3. The van der Waals surface area contributed by atoms with E-state index in [2.05, 4.69) is 15.9 Å². The maximum Gasteiger partial charge on any atom is 0.311 e. The van der Waals surface area contributed by atoms with Crippen molar-refractivity contribution in [2.75, 3.05) is 0 Å². The first-order chi connectivity index (χ1) is 6.35. The van der Waals surface area contributed by atoms with Crippen molar-refractivity contribution >= 4 is 21.9 Å². The molecule has 1 heterocycles. The Bertz CT molecular complexity index is 346. The molecule has 4 nitrogen and oxygen atoms in total. The highest BCUT2D eigenvalue weighted by molar-refractivity contribution is 9.10. The molecule has 1 atom stereocenters. The highest BCUT2D eigenvalue weighted by Crippen LogP contribution is 2.33. The molecule has 1 rings (SSSR count). The molecule has 0 radical (unpaired) electrons. The fraction of sp³-hybridized carbons (Fsp3) is 0.444. The Labute approximate surface area is 90.2 Å². The van der Waals surface area contributed by atoms with Gasteiger partial charge in [0.2, 0.25) is 0 Å². The first-order valence-electron chi connectivity index (χ1n) is 4.10. The number of aliphatic carboxylic acids is 1. The molecule has 0 saturated carbocycles. The Kier molecular flexibility index (Phi) is 3.01. The van der Waals surface area contributed by atoms with Crippen LogP contribution >= 0.6 is 15.9 Å². The third-order valence-corrected chi connectivity index (χ3v) is 2.66. The van der Waals surface area contributed by atoms with Crippen LogP contribution in [0.1, 0.15) is 25.6 Å². The predicted molar refractivity (Wildman–Crippen MR) is 54.8 cm³/mol. The number of hydrogen-bond acceptors (Lipinski definition) is 3. The quantitative estimate of drug-likeness (QED) is 0.875. The first-order valence-corrected chi connectivity index (χ1v) is 4.89. The molecule has 0 aliphatic carbocycles. The van der Waals surface area contributed by atoms with Gasteiger partial charge < -0.3 is 15.3 Å². The van der Waals surface area contributed by atoms with Crippen molar-refractivity contribution in [1.82, 2.24) is 0 Å². The van der Waals surface area contributed by atoms with E-state index in [4.69, 9.17) is 15.3 Å². The van der Waals surface area contributed by atoms with Crippen LogP contribution in [0.3, 0.4) is 0 Å². The SMILES string of the molecule is CC(C)(C(=O)O)[C@@H](N)c1ccc(Br)o1. The number of carboxylic acid groups (broad SMARTS) is 1. The number of carboxylic acids is 1. The smallest absolute Gasteiger partial charge is 0.311 e. The van der Waals surface area contributed by atoms with Gasteiger partial charge in [-0.1, -0.05) is 0 Å². The number of nitrogens with two attached hydrogens (primary N) is 1. The van der Waals surface area contributed by atoms with E-state index in [0.717, 1.165) is 0 Å². The average Bonchev–Trinajstić information content (AvgIpc) is 2.50. The molecule has 14 heavy (non-hydrogen) atoms. The van der Waals surface area contributed by atoms with Gasteiger partial charge in [0.15, 0.2) is 4.67 Å². The minimum absolute atomic E-state index is 0.462. The number of halogens is 1. The Balaban J connectivity index is 2.95. The molecule has 0 aliphatic heterocycles. The van der Waals surface area contributed by atoms with E-state index in [1.807, 2.05) is 0 Å². The van der Waals surface area contributed by atoms with Crippen molar-refractivity contribution in [2.24, 2.45) is 11.1 Å². The third kappa shape index (κ3) is 1.99. The topological polar surface area (TPSA) is 76.5 Å². The zero-order valence-electron chi connectivity index (χ0n) is 7.95. The van der Waals surface area contributed by atoms with E-state index >= 15 is 0 Å². The van der Waals surface area contributed by atoms with Gasteiger partial charge in [0.25, 0.3) is 0 Å². The molecule has 0 saturated heterocycles. The molecule has 0 bridgehead atoms. The van der Waals surface area contributed by atoms with Gasteiger partial charge in [0.1, 0.15) is 5.76 Å². The Morgan fingerprint density at radius 1 is 1.64 bits per heavy atom.